The highest BCUT2D eigenvalue weighted by Gasteiger charge is 2.24. The SMILES string of the molecule is CCc1cccc(C)c1NC(=O)C(Sc1cccc(NC(=O)/C(=C/c2cccc(OC)c2)NC(=O)c2ccccc2)c1)c1ccccc1. The average Bonchev–Trinajstić information content (AvgIpc) is 3.12. The van der Waals surface area contributed by atoms with Gasteiger partial charge in [-0.3, -0.25) is 14.4 Å². The maximum atomic E-state index is 13.9. The number of methoxy groups -OCH3 is 1. The van der Waals surface area contributed by atoms with Crippen LogP contribution in [0.25, 0.3) is 6.08 Å². The van der Waals surface area contributed by atoms with Gasteiger partial charge in [-0.1, -0.05) is 91.9 Å². The number of thioether (sulfide) groups is 1. The molecule has 242 valence electrons. The van der Waals surface area contributed by atoms with E-state index < -0.39 is 17.1 Å². The molecule has 0 aromatic heterocycles. The predicted octanol–water partition coefficient (Wildman–Crippen LogP) is 8.45. The topological polar surface area (TPSA) is 96.5 Å². The normalized spacial score (nSPS) is 11.7. The summed E-state index contributed by atoms with van der Waals surface area (Å²) in [6.07, 6.45) is 2.39. The summed E-state index contributed by atoms with van der Waals surface area (Å²) in [5.74, 6) is -0.446. The van der Waals surface area contributed by atoms with Gasteiger partial charge in [-0.25, -0.2) is 0 Å². The minimum Gasteiger partial charge on any atom is -0.497 e. The highest BCUT2D eigenvalue weighted by molar-refractivity contribution is 8.00. The molecule has 8 heteroatoms. The van der Waals surface area contributed by atoms with Crippen molar-refractivity contribution >= 4 is 46.9 Å². The molecule has 0 aliphatic rings. The molecule has 0 radical (unpaired) electrons. The second-order valence-corrected chi connectivity index (χ2v) is 12.2. The molecule has 0 saturated heterocycles. The molecule has 5 rings (SSSR count). The number of ether oxygens (including phenoxy) is 1. The Morgan fingerprint density at radius 1 is 0.792 bits per heavy atom. The van der Waals surface area contributed by atoms with Crippen molar-refractivity contribution < 1.29 is 19.1 Å². The number of nitrogens with one attached hydrogen (secondary N) is 3. The number of carbonyl (C=O) groups is 3. The van der Waals surface area contributed by atoms with E-state index in [4.69, 9.17) is 4.74 Å². The Morgan fingerprint density at radius 2 is 1.50 bits per heavy atom. The number of amides is 3. The van der Waals surface area contributed by atoms with Gasteiger partial charge in [0.15, 0.2) is 0 Å². The number of aryl methyl sites for hydroxylation is 2. The van der Waals surface area contributed by atoms with Gasteiger partial charge in [0.25, 0.3) is 11.8 Å². The predicted molar refractivity (Wildman–Crippen MR) is 194 cm³/mol. The summed E-state index contributed by atoms with van der Waals surface area (Å²) in [7, 11) is 1.57. The quantitative estimate of drug-likeness (QED) is 0.0926. The summed E-state index contributed by atoms with van der Waals surface area (Å²) in [6.45, 7) is 4.06. The standard InChI is InChI=1S/C40H37N3O4S/c1-4-29-20-11-14-27(2)36(29)43-40(46)37(30-16-7-5-8-17-30)48-34-23-13-21-32(26-34)41-39(45)35(25-28-15-12-22-33(24-28)47-3)42-38(44)31-18-9-6-10-19-31/h5-26,37H,4H2,1-3H3,(H,41,45)(H,42,44)(H,43,46)/b35-25-. The highest BCUT2D eigenvalue weighted by atomic mass is 32.2. The first-order chi connectivity index (χ1) is 23.3. The van der Waals surface area contributed by atoms with E-state index >= 15 is 0 Å². The summed E-state index contributed by atoms with van der Waals surface area (Å²) < 4.78 is 5.34. The van der Waals surface area contributed by atoms with Crippen LogP contribution in [0.2, 0.25) is 0 Å². The third-order valence-electron chi connectivity index (χ3n) is 7.61. The molecular weight excluding hydrogens is 619 g/mol. The van der Waals surface area contributed by atoms with Crippen LogP contribution in [0, 0.1) is 6.92 Å². The van der Waals surface area contributed by atoms with Gasteiger partial charge in [-0.2, -0.15) is 0 Å². The lowest BCUT2D eigenvalue weighted by Crippen LogP contribution is -2.30. The lowest BCUT2D eigenvalue weighted by molar-refractivity contribution is -0.116. The lowest BCUT2D eigenvalue weighted by atomic mass is 10.1. The van der Waals surface area contributed by atoms with Gasteiger partial charge in [0.05, 0.1) is 7.11 Å². The lowest BCUT2D eigenvalue weighted by Gasteiger charge is -2.20. The fourth-order valence-corrected chi connectivity index (χ4v) is 6.20. The van der Waals surface area contributed by atoms with Crippen molar-refractivity contribution in [1.82, 2.24) is 5.32 Å². The van der Waals surface area contributed by atoms with Crippen LogP contribution >= 0.6 is 11.8 Å². The van der Waals surface area contributed by atoms with Crippen molar-refractivity contribution in [3.63, 3.8) is 0 Å². The Labute approximate surface area is 285 Å². The molecule has 3 amide bonds. The van der Waals surface area contributed by atoms with E-state index in [1.165, 1.54) is 11.8 Å². The zero-order valence-corrected chi connectivity index (χ0v) is 27.8. The van der Waals surface area contributed by atoms with Gasteiger partial charge in [0.1, 0.15) is 16.7 Å². The van der Waals surface area contributed by atoms with Crippen molar-refractivity contribution in [2.45, 2.75) is 30.4 Å². The van der Waals surface area contributed by atoms with Crippen LogP contribution in [0.1, 0.15) is 44.8 Å². The summed E-state index contributed by atoms with van der Waals surface area (Å²) in [4.78, 5) is 41.4. The van der Waals surface area contributed by atoms with Gasteiger partial charge in [0, 0.05) is 21.8 Å². The molecule has 48 heavy (non-hydrogen) atoms. The Kier molecular flexibility index (Phi) is 11.5. The monoisotopic (exact) mass is 655 g/mol. The van der Waals surface area contributed by atoms with E-state index in [9.17, 15) is 14.4 Å². The number of hydrogen-bond acceptors (Lipinski definition) is 5. The van der Waals surface area contributed by atoms with Gasteiger partial charge < -0.3 is 20.7 Å². The van der Waals surface area contributed by atoms with Crippen molar-refractivity contribution in [1.29, 1.82) is 0 Å². The second kappa shape index (κ2) is 16.3. The van der Waals surface area contributed by atoms with Crippen LogP contribution in [-0.2, 0) is 16.0 Å². The molecule has 5 aromatic carbocycles. The van der Waals surface area contributed by atoms with Crippen molar-refractivity contribution in [3.05, 3.63) is 161 Å². The second-order valence-electron chi connectivity index (χ2n) is 11.0. The van der Waals surface area contributed by atoms with Crippen LogP contribution in [0.5, 0.6) is 5.75 Å². The van der Waals surface area contributed by atoms with E-state index in [1.807, 2.05) is 85.8 Å². The Balaban J connectivity index is 1.40. The molecule has 1 atom stereocenters. The number of para-hydroxylation sites is 1. The molecule has 0 saturated carbocycles. The first-order valence-corrected chi connectivity index (χ1v) is 16.5. The maximum Gasteiger partial charge on any atom is 0.272 e. The van der Waals surface area contributed by atoms with Crippen LogP contribution < -0.4 is 20.7 Å². The number of carbonyl (C=O) groups excluding carboxylic acids is 3. The van der Waals surface area contributed by atoms with E-state index in [0.717, 1.165) is 33.7 Å². The molecular formula is C40H37N3O4S. The minimum absolute atomic E-state index is 0.0571. The van der Waals surface area contributed by atoms with E-state index in [1.54, 1.807) is 61.7 Å². The first kappa shape index (κ1) is 33.8. The summed E-state index contributed by atoms with van der Waals surface area (Å²) in [6, 6.07) is 38.8. The molecule has 0 fully saturated rings. The number of anilines is 2. The molecule has 0 aliphatic carbocycles. The zero-order chi connectivity index (χ0) is 33.9. The fourth-order valence-electron chi connectivity index (χ4n) is 5.11. The molecule has 3 N–H and O–H groups in total. The van der Waals surface area contributed by atoms with Crippen molar-refractivity contribution in [2.24, 2.45) is 0 Å². The smallest absolute Gasteiger partial charge is 0.272 e. The molecule has 7 nitrogen and oxygen atoms in total. The Morgan fingerprint density at radius 3 is 2.23 bits per heavy atom. The van der Waals surface area contributed by atoms with Gasteiger partial charge in [0.2, 0.25) is 5.91 Å². The van der Waals surface area contributed by atoms with Gasteiger partial charge in [-0.05, 0) is 84.1 Å². The van der Waals surface area contributed by atoms with Gasteiger partial charge >= 0.3 is 0 Å². The molecule has 0 bridgehead atoms. The van der Waals surface area contributed by atoms with Crippen LogP contribution in [0.15, 0.2) is 138 Å². The molecule has 0 aliphatic heterocycles. The average molecular weight is 656 g/mol. The fraction of sp³-hybridized carbons (Fsp3) is 0.125. The van der Waals surface area contributed by atoms with Crippen molar-refractivity contribution in [3.8, 4) is 5.75 Å². The van der Waals surface area contributed by atoms with Crippen LogP contribution in [0.4, 0.5) is 11.4 Å². The zero-order valence-electron chi connectivity index (χ0n) is 27.0. The van der Waals surface area contributed by atoms with Crippen LogP contribution in [-0.4, -0.2) is 24.8 Å². The summed E-state index contributed by atoms with van der Waals surface area (Å²) in [5, 5.41) is 8.32. The summed E-state index contributed by atoms with van der Waals surface area (Å²) >= 11 is 1.39. The minimum atomic E-state index is -0.560. The van der Waals surface area contributed by atoms with E-state index in [0.29, 0.717) is 22.6 Å². The van der Waals surface area contributed by atoms with Crippen molar-refractivity contribution in [2.75, 3.05) is 17.7 Å². The third-order valence-corrected chi connectivity index (χ3v) is 8.86. The largest absolute Gasteiger partial charge is 0.497 e. The highest BCUT2D eigenvalue weighted by Crippen LogP contribution is 2.38. The Bertz CT molecular complexity index is 1930. The number of benzene rings is 5. The summed E-state index contributed by atoms with van der Waals surface area (Å²) in [5.41, 5.74) is 5.42. The Hall–Kier alpha value is -5.60. The number of hydrogen-bond donors (Lipinski definition) is 3. The van der Waals surface area contributed by atoms with Crippen LogP contribution in [0.3, 0.4) is 0 Å². The van der Waals surface area contributed by atoms with E-state index in [-0.39, 0.29) is 11.6 Å². The number of rotatable bonds is 12. The first-order valence-electron chi connectivity index (χ1n) is 15.6. The van der Waals surface area contributed by atoms with Gasteiger partial charge in [-0.15, -0.1) is 11.8 Å². The molecule has 5 aromatic rings. The molecule has 0 spiro atoms. The third kappa shape index (κ3) is 8.80. The maximum absolute atomic E-state index is 13.9. The molecule has 1 unspecified atom stereocenters. The molecule has 0 heterocycles. The van der Waals surface area contributed by atoms with E-state index in [2.05, 4.69) is 22.9 Å².